The standard InChI is InChI=1S/C21H22ClN3O5S/c1-21(2,3)14-7-5-13(6-8-14)19-24-18(30-25-19)12-23-31(27,28)15-9-10-17(22)16(11-15)20(26)29-4/h5-11,23H,12H2,1-4H3. The molecule has 0 spiro atoms. The van der Waals surface area contributed by atoms with E-state index in [1.54, 1.807) is 0 Å². The molecule has 0 aliphatic rings. The van der Waals surface area contributed by atoms with E-state index < -0.39 is 16.0 Å². The topological polar surface area (TPSA) is 111 Å². The van der Waals surface area contributed by atoms with Gasteiger partial charge in [-0.3, -0.25) is 0 Å². The monoisotopic (exact) mass is 463 g/mol. The maximum Gasteiger partial charge on any atom is 0.339 e. The molecule has 1 heterocycles. The molecule has 0 aliphatic heterocycles. The van der Waals surface area contributed by atoms with Crippen molar-refractivity contribution in [1.29, 1.82) is 0 Å². The quantitative estimate of drug-likeness (QED) is 0.551. The molecule has 1 N–H and O–H groups in total. The normalized spacial score (nSPS) is 12.0. The van der Waals surface area contributed by atoms with Gasteiger partial charge < -0.3 is 9.26 Å². The average Bonchev–Trinajstić information content (AvgIpc) is 3.20. The lowest BCUT2D eigenvalue weighted by Gasteiger charge is -2.18. The second-order valence-corrected chi connectivity index (χ2v) is 9.97. The van der Waals surface area contributed by atoms with Crippen LogP contribution in [0.3, 0.4) is 0 Å². The van der Waals surface area contributed by atoms with E-state index >= 15 is 0 Å². The van der Waals surface area contributed by atoms with E-state index in [-0.39, 0.29) is 33.3 Å². The summed E-state index contributed by atoms with van der Waals surface area (Å²) in [4.78, 5) is 15.8. The number of nitrogens with one attached hydrogen (secondary N) is 1. The summed E-state index contributed by atoms with van der Waals surface area (Å²) in [5.74, 6) is -0.282. The molecule has 164 valence electrons. The molecule has 0 fully saturated rings. The number of hydrogen-bond acceptors (Lipinski definition) is 7. The Kier molecular flexibility index (Phi) is 6.49. The number of carbonyl (C=O) groups excluding carboxylic acids is 1. The molecular formula is C21H22ClN3O5S. The number of esters is 1. The third-order valence-corrected chi connectivity index (χ3v) is 6.27. The number of aromatic nitrogens is 2. The number of nitrogens with zero attached hydrogens (tertiary/aromatic N) is 2. The molecule has 2 aromatic carbocycles. The number of methoxy groups -OCH3 is 1. The second kappa shape index (κ2) is 8.78. The highest BCUT2D eigenvalue weighted by Gasteiger charge is 2.20. The first kappa shape index (κ1) is 22.9. The van der Waals surface area contributed by atoms with Crippen LogP contribution in [0.2, 0.25) is 5.02 Å². The summed E-state index contributed by atoms with van der Waals surface area (Å²) in [7, 11) is -2.78. The Balaban J connectivity index is 1.74. The minimum absolute atomic E-state index is 0.0224. The first-order valence-corrected chi connectivity index (χ1v) is 11.2. The van der Waals surface area contributed by atoms with Gasteiger partial charge in [-0.05, 0) is 29.2 Å². The lowest BCUT2D eigenvalue weighted by atomic mass is 9.87. The van der Waals surface area contributed by atoms with Crippen molar-refractivity contribution in [2.45, 2.75) is 37.6 Å². The van der Waals surface area contributed by atoms with Crippen molar-refractivity contribution >= 4 is 27.6 Å². The van der Waals surface area contributed by atoms with Crippen LogP contribution < -0.4 is 4.72 Å². The Morgan fingerprint density at radius 1 is 1.16 bits per heavy atom. The summed E-state index contributed by atoms with van der Waals surface area (Å²) in [5, 5.41) is 4.00. The van der Waals surface area contributed by atoms with Gasteiger partial charge in [-0.2, -0.15) is 4.98 Å². The summed E-state index contributed by atoms with van der Waals surface area (Å²) in [5.41, 5.74) is 1.90. The molecule has 0 bridgehead atoms. The maximum atomic E-state index is 12.6. The zero-order valence-electron chi connectivity index (χ0n) is 17.5. The van der Waals surface area contributed by atoms with Crippen LogP contribution in [-0.2, 0) is 26.7 Å². The van der Waals surface area contributed by atoms with Crippen molar-refractivity contribution in [3.63, 3.8) is 0 Å². The van der Waals surface area contributed by atoms with E-state index in [4.69, 9.17) is 16.1 Å². The molecule has 0 unspecified atom stereocenters. The molecule has 1 aromatic heterocycles. The molecule has 3 rings (SSSR count). The van der Waals surface area contributed by atoms with Crippen molar-refractivity contribution in [1.82, 2.24) is 14.9 Å². The van der Waals surface area contributed by atoms with Crippen LogP contribution >= 0.6 is 11.6 Å². The second-order valence-electron chi connectivity index (χ2n) is 7.80. The fourth-order valence-electron chi connectivity index (χ4n) is 2.74. The Morgan fingerprint density at radius 3 is 2.45 bits per heavy atom. The van der Waals surface area contributed by atoms with Crippen LogP contribution in [-0.4, -0.2) is 31.6 Å². The van der Waals surface area contributed by atoms with Crippen molar-refractivity contribution in [3.8, 4) is 11.4 Å². The van der Waals surface area contributed by atoms with Gasteiger partial charge >= 0.3 is 5.97 Å². The molecular weight excluding hydrogens is 442 g/mol. The van der Waals surface area contributed by atoms with E-state index in [2.05, 4.69) is 40.4 Å². The Hall–Kier alpha value is -2.75. The van der Waals surface area contributed by atoms with E-state index in [0.29, 0.717) is 5.82 Å². The van der Waals surface area contributed by atoms with Crippen molar-refractivity contribution < 1.29 is 22.5 Å². The highest BCUT2D eigenvalue weighted by molar-refractivity contribution is 7.89. The number of ether oxygens (including phenoxy) is 1. The van der Waals surface area contributed by atoms with E-state index in [9.17, 15) is 13.2 Å². The van der Waals surface area contributed by atoms with E-state index in [1.165, 1.54) is 24.8 Å². The smallest absolute Gasteiger partial charge is 0.339 e. The number of carbonyl (C=O) groups is 1. The lowest BCUT2D eigenvalue weighted by molar-refractivity contribution is 0.0600. The van der Waals surface area contributed by atoms with Gasteiger partial charge in [0.15, 0.2) is 0 Å². The van der Waals surface area contributed by atoms with Gasteiger partial charge in [0.2, 0.25) is 21.7 Å². The minimum Gasteiger partial charge on any atom is -0.465 e. The fraction of sp³-hybridized carbons (Fsp3) is 0.286. The molecule has 10 heteroatoms. The van der Waals surface area contributed by atoms with Crippen molar-refractivity contribution in [2.24, 2.45) is 0 Å². The van der Waals surface area contributed by atoms with Gasteiger partial charge in [0.1, 0.15) is 0 Å². The molecule has 0 radical (unpaired) electrons. The van der Waals surface area contributed by atoms with Gasteiger partial charge in [-0.1, -0.05) is 61.8 Å². The number of halogens is 1. The first-order chi connectivity index (χ1) is 14.5. The Labute approximate surface area is 185 Å². The number of rotatable bonds is 6. The molecule has 0 aliphatic carbocycles. The van der Waals surface area contributed by atoms with Gasteiger partial charge in [0.05, 0.1) is 29.1 Å². The molecule has 3 aromatic rings. The van der Waals surface area contributed by atoms with Crippen LogP contribution in [0, 0.1) is 0 Å². The Morgan fingerprint density at radius 2 is 1.84 bits per heavy atom. The van der Waals surface area contributed by atoms with E-state index in [0.717, 1.165) is 11.6 Å². The molecule has 0 amide bonds. The summed E-state index contributed by atoms with van der Waals surface area (Å²) in [6.07, 6.45) is 0. The molecule has 0 saturated carbocycles. The largest absolute Gasteiger partial charge is 0.465 e. The first-order valence-electron chi connectivity index (χ1n) is 9.32. The van der Waals surface area contributed by atoms with Crippen molar-refractivity contribution in [3.05, 3.63) is 64.5 Å². The van der Waals surface area contributed by atoms with Gasteiger partial charge in [-0.25, -0.2) is 17.9 Å². The van der Waals surface area contributed by atoms with Crippen LogP contribution in [0.4, 0.5) is 0 Å². The zero-order chi connectivity index (χ0) is 22.8. The summed E-state index contributed by atoms with van der Waals surface area (Å²) in [6, 6.07) is 11.5. The van der Waals surface area contributed by atoms with Crippen LogP contribution in [0.15, 0.2) is 51.9 Å². The molecule has 8 nitrogen and oxygen atoms in total. The predicted octanol–water partition coefficient (Wildman–Crippen LogP) is 3.95. The average molecular weight is 464 g/mol. The molecule has 31 heavy (non-hydrogen) atoms. The fourth-order valence-corrected chi connectivity index (χ4v) is 3.94. The third kappa shape index (κ3) is 5.30. The number of hydrogen-bond donors (Lipinski definition) is 1. The summed E-state index contributed by atoms with van der Waals surface area (Å²) < 4.78 is 37.3. The van der Waals surface area contributed by atoms with Gasteiger partial charge in [0.25, 0.3) is 0 Å². The predicted molar refractivity (Wildman–Crippen MR) is 115 cm³/mol. The highest BCUT2D eigenvalue weighted by atomic mass is 35.5. The number of sulfonamides is 1. The van der Waals surface area contributed by atoms with E-state index in [1.807, 2.05) is 24.3 Å². The lowest BCUT2D eigenvalue weighted by Crippen LogP contribution is -2.23. The van der Waals surface area contributed by atoms with Gasteiger partial charge in [-0.15, -0.1) is 0 Å². The molecule has 0 saturated heterocycles. The van der Waals surface area contributed by atoms with Crippen LogP contribution in [0.1, 0.15) is 42.6 Å². The number of benzene rings is 2. The zero-order valence-corrected chi connectivity index (χ0v) is 19.0. The summed E-state index contributed by atoms with van der Waals surface area (Å²) in [6.45, 7) is 6.14. The minimum atomic E-state index is -3.96. The van der Waals surface area contributed by atoms with Crippen LogP contribution in [0.5, 0.6) is 0 Å². The van der Waals surface area contributed by atoms with Crippen LogP contribution in [0.25, 0.3) is 11.4 Å². The van der Waals surface area contributed by atoms with Gasteiger partial charge in [0, 0.05) is 5.56 Å². The summed E-state index contributed by atoms with van der Waals surface area (Å²) >= 11 is 5.94. The Bertz CT molecular complexity index is 1200. The molecule has 0 atom stereocenters. The highest BCUT2D eigenvalue weighted by Crippen LogP contribution is 2.25. The van der Waals surface area contributed by atoms with Crippen molar-refractivity contribution in [2.75, 3.05) is 7.11 Å². The third-order valence-electron chi connectivity index (χ3n) is 4.54. The maximum absolute atomic E-state index is 12.6. The SMILES string of the molecule is COC(=O)c1cc(S(=O)(=O)NCc2nc(-c3ccc(C(C)(C)C)cc3)no2)ccc1Cl.